The first-order chi connectivity index (χ1) is 20.2. The lowest BCUT2D eigenvalue weighted by molar-refractivity contribution is -0.132. The topological polar surface area (TPSA) is 105 Å². The Morgan fingerprint density at radius 1 is 0.643 bits per heavy atom. The number of carbonyl (C=O) groups is 4. The Kier molecular flexibility index (Phi) is 5.46. The molecule has 42 heavy (non-hydrogen) atoms. The second-order valence-electron chi connectivity index (χ2n) is 10.3. The van der Waals surface area contributed by atoms with Crippen LogP contribution in [0.4, 0.5) is 0 Å². The van der Waals surface area contributed by atoms with Crippen molar-refractivity contribution in [2.75, 3.05) is 0 Å². The fourth-order valence-electron chi connectivity index (χ4n) is 5.93. The molecule has 0 unspecified atom stereocenters. The lowest BCUT2D eigenvalue weighted by atomic mass is 9.76. The standard InChI is InChI=1S/C34H22O8/c1-17(35)20-4-11-28-27(16-20)33(38)42-34(28)29-12-5-21-14-23(39-18(2)36)7-9-25(21)31(29)41-32-26-10-8-24(40-19(3)37)15-22(26)6-13-30(32)34/h4-16H,1-3H3. The van der Waals surface area contributed by atoms with Gasteiger partial charge in [0, 0.05) is 46.9 Å². The van der Waals surface area contributed by atoms with Gasteiger partial charge in [0.15, 0.2) is 11.4 Å². The van der Waals surface area contributed by atoms with Crippen molar-refractivity contribution >= 4 is 45.2 Å². The first-order valence-electron chi connectivity index (χ1n) is 13.2. The van der Waals surface area contributed by atoms with E-state index >= 15 is 0 Å². The summed E-state index contributed by atoms with van der Waals surface area (Å²) in [7, 11) is 0. The molecule has 0 saturated carbocycles. The van der Waals surface area contributed by atoms with E-state index < -0.39 is 23.5 Å². The van der Waals surface area contributed by atoms with Gasteiger partial charge in [-0.2, -0.15) is 0 Å². The average molecular weight is 559 g/mol. The predicted molar refractivity (Wildman–Crippen MR) is 152 cm³/mol. The van der Waals surface area contributed by atoms with Crippen molar-refractivity contribution in [3.05, 3.63) is 107 Å². The molecule has 8 nitrogen and oxygen atoms in total. The number of hydrogen-bond acceptors (Lipinski definition) is 8. The van der Waals surface area contributed by atoms with Gasteiger partial charge in [-0.05, 0) is 72.3 Å². The minimum atomic E-state index is -1.36. The summed E-state index contributed by atoms with van der Waals surface area (Å²) in [6.45, 7) is 4.12. The highest BCUT2D eigenvalue weighted by Crippen LogP contribution is 2.59. The minimum absolute atomic E-state index is 0.163. The van der Waals surface area contributed by atoms with Crippen molar-refractivity contribution in [3.8, 4) is 23.0 Å². The summed E-state index contributed by atoms with van der Waals surface area (Å²) < 4.78 is 23.6. The molecule has 0 aromatic heterocycles. The van der Waals surface area contributed by atoms with E-state index in [4.69, 9.17) is 18.9 Å². The van der Waals surface area contributed by atoms with Crippen LogP contribution >= 0.6 is 0 Å². The van der Waals surface area contributed by atoms with E-state index in [1.807, 2.05) is 24.3 Å². The summed E-state index contributed by atoms with van der Waals surface area (Å²) in [6, 6.07) is 22.9. The molecule has 0 amide bonds. The van der Waals surface area contributed by atoms with Gasteiger partial charge in [-0.3, -0.25) is 14.4 Å². The fourth-order valence-corrected chi connectivity index (χ4v) is 5.93. The van der Waals surface area contributed by atoms with Gasteiger partial charge in [-0.25, -0.2) is 4.79 Å². The maximum absolute atomic E-state index is 13.5. The number of ketones is 1. The highest BCUT2D eigenvalue weighted by molar-refractivity contribution is 6.04. The van der Waals surface area contributed by atoms with Crippen molar-refractivity contribution in [1.82, 2.24) is 0 Å². The number of esters is 3. The molecule has 2 heterocycles. The number of rotatable bonds is 3. The van der Waals surface area contributed by atoms with Gasteiger partial charge in [-0.1, -0.05) is 24.3 Å². The Labute approximate surface area is 239 Å². The van der Waals surface area contributed by atoms with E-state index in [1.54, 1.807) is 54.6 Å². The van der Waals surface area contributed by atoms with E-state index in [9.17, 15) is 19.2 Å². The zero-order valence-electron chi connectivity index (χ0n) is 22.8. The first-order valence-corrected chi connectivity index (χ1v) is 13.2. The van der Waals surface area contributed by atoms with Crippen molar-refractivity contribution in [2.24, 2.45) is 0 Å². The highest BCUT2D eigenvalue weighted by atomic mass is 16.6. The molecule has 0 atom stereocenters. The molecule has 0 fully saturated rings. The van der Waals surface area contributed by atoms with Crippen LogP contribution in [0.2, 0.25) is 0 Å². The smallest absolute Gasteiger partial charge is 0.340 e. The van der Waals surface area contributed by atoms with Crippen LogP contribution in [-0.2, 0) is 19.9 Å². The van der Waals surface area contributed by atoms with Crippen LogP contribution in [0.15, 0.2) is 78.9 Å². The molecule has 0 aliphatic carbocycles. The number of benzene rings is 5. The molecule has 0 bridgehead atoms. The van der Waals surface area contributed by atoms with Crippen LogP contribution in [0.1, 0.15) is 58.2 Å². The number of Topliss-reactive ketones (excluding diaryl/α,β-unsaturated/α-hetero) is 1. The van der Waals surface area contributed by atoms with E-state index in [2.05, 4.69) is 0 Å². The fraction of sp³-hybridized carbons (Fsp3) is 0.118. The van der Waals surface area contributed by atoms with E-state index in [1.165, 1.54) is 20.8 Å². The minimum Gasteiger partial charge on any atom is -0.455 e. The first kappa shape index (κ1) is 25.5. The van der Waals surface area contributed by atoms with Crippen molar-refractivity contribution in [2.45, 2.75) is 26.4 Å². The Balaban J connectivity index is 1.53. The number of fused-ring (bicyclic) bond motifs is 10. The second-order valence-corrected chi connectivity index (χ2v) is 10.3. The maximum Gasteiger partial charge on any atom is 0.340 e. The number of hydrogen-bond donors (Lipinski definition) is 0. The van der Waals surface area contributed by atoms with Crippen LogP contribution in [-0.4, -0.2) is 23.7 Å². The molecule has 8 heteroatoms. The monoisotopic (exact) mass is 558 g/mol. The van der Waals surface area contributed by atoms with Crippen LogP contribution in [0.25, 0.3) is 21.5 Å². The number of ether oxygens (including phenoxy) is 4. The molecule has 1 spiro atoms. The van der Waals surface area contributed by atoms with Gasteiger partial charge in [0.05, 0.1) is 5.56 Å². The normalized spacial score (nSPS) is 14.0. The predicted octanol–water partition coefficient (Wildman–Crippen LogP) is 6.61. The second kappa shape index (κ2) is 9.01. The number of carbonyl (C=O) groups excluding carboxylic acids is 4. The molecule has 5 aromatic rings. The molecule has 5 aromatic carbocycles. The Morgan fingerprint density at radius 3 is 1.67 bits per heavy atom. The molecule has 0 radical (unpaired) electrons. The van der Waals surface area contributed by atoms with E-state index in [0.717, 1.165) is 10.8 Å². The van der Waals surface area contributed by atoms with Gasteiger partial charge in [0.1, 0.15) is 23.0 Å². The van der Waals surface area contributed by atoms with Crippen LogP contribution in [0, 0.1) is 0 Å². The quantitative estimate of drug-likeness (QED) is 0.138. The molecular formula is C34H22O8. The SMILES string of the molecule is CC(=O)Oc1ccc2c3c(ccc2c1)C1(OC(=O)c2cc(C(C)=O)ccc21)c1ccc2cc(OC(C)=O)ccc2c1O3. The molecule has 206 valence electrons. The van der Waals surface area contributed by atoms with Gasteiger partial charge >= 0.3 is 17.9 Å². The molecule has 2 aliphatic rings. The molecule has 2 aliphatic heterocycles. The van der Waals surface area contributed by atoms with Gasteiger partial charge in [0.2, 0.25) is 0 Å². The van der Waals surface area contributed by atoms with Crippen molar-refractivity contribution in [1.29, 1.82) is 0 Å². The Morgan fingerprint density at radius 2 is 1.17 bits per heavy atom. The van der Waals surface area contributed by atoms with E-state index in [-0.39, 0.29) is 5.78 Å². The van der Waals surface area contributed by atoms with E-state index in [0.29, 0.717) is 61.6 Å². The Bertz CT molecular complexity index is 1950. The van der Waals surface area contributed by atoms with Gasteiger partial charge in [-0.15, -0.1) is 0 Å². The van der Waals surface area contributed by atoms with Gasteiger partial charge < -0.3 is 18.9 Å². The zero-order chi connectivity index (χ0) is 29.3. The molecular weight excluding hydrogens is 536 g/mol. The van der Waals surface area contributed by atoms with Crippen molar-refractivity contribution < 1.29 is 38.1 Å². The van der Waals surface area contributed by atoms with Crippen LogP contribution < -0.4 is 14.2 Å². The molecule has 7 rings (SSSR count). The summed E-state index contributed by atoms with van der Waals surface area (Å²) >= 11 is 0. The third-order valence-corrected chi connectivity index (χ3v) is 7.64. The lowest BCUT2D eigenvalue weighted by Gasteiger charge is -2.37. The van der Waals surface area contributed by atoms with Crippen LogP contribution in [0.3, 0.4) is 0 Å². The Hall–Kier alpha value is -5.50. The van der Waals surface area contributed by atoms with Crippen molar-refractivity contribution in [3.63, 3.8) is 0 Å². The van der Waals surface area contributed by atoms with Crippen LogP contribution in [0.5, 0.6) is 23.0 Å². The maximum atomic E-state index is 13.5. The third-order valence-electron chi connectivity index (χ3n) is 7.64. The largest absolute Gasteiger partial charge is 0.455 e. The van der Waals surface area contributed by atoms with Gasteiger partial charge in [0.25, 0.3) is 0 Å². The summed E-state index contributed by atoms with van der Waals surface area (Å²) in [6.07, 6.45) is 0. The summed E-state index contributed by atoms with van der Waals surface area (Å²) in [5.74, 6) is 0.138. The highest BCUT2D eigenvalue weighted by Gasteiger charge is 2.54. The third kappa shape index (κ3) is 3.69. The summed E-state index contributed by atoms with van der Waals surface area (Å²) in [4.78, 5) is 48.8. The lowest BCUT2D eigenvalue weighted by Crippen LogP contribution is -2.33. The zero-order valence-corrected chi connectivity index (χ0v) is 22.8. The molecule has 0 saturated heterocycles. The summed E-state index contributed by atoms with van der Waals surface area (Å²) in [5.41, 5.74) is 1.16. The summed E-state index contributed by atoms with van der Waals surface area (Å²) in [5, 5.41) is 2.93. The average Bonchev–Trinajstić information content (AvgIpc) is 3.23. The molecule has 0 N–H and O–H groups in total.